The second-order valence-electron chi connectivity index (χ2n) is 5.37. The SMILES string of the molecule is CC(C)(C)C(=O)OI1OC(F)(F)c2c(F)c(F)c(F)c(F)c21. The maximum atomic E-state index is 13.7. The van der Waals surface area contributed by atoms with Crippen molar-refractivity contribution in [2.75, 3.05) is 0 Å². The van der Waals surface area contributed by atoms with Gasteiger partial charge in [0.05, 0.1) is 0 Å². The molecule has 1 aliphatic heterocycles. The van der Waals surface area contributed by atoms with Gasteiger partial charge in [-0.3, -0.25) is 0 Å². The Kier molecular flexibility index (Phi) is 4.13. The van der Waals surface area contributed by atoms with Crippen LogP contribution in [0.4, 0.5) is 26.3 Å². The number of fused-ring (bicyclic) bond motifs is 1. The molecule has 0 atom stereocenters. The molecule has 0 saturated carbocycles. The van der Waals surface area contributed by atoms with E-state index in [0.29, 0.717) is 0 Å². The second-order valence-corrected chi connectivity index (χ2v) is 8.57. The molecule has 0 spiro atoms. The zero-order valence-electron chi connectivity index (χ0n) is 11.4. The Hall–Kier alpha value is -1.04. The molecule has 1 heterocycles. The van der Waals surface area contributed by atoms with Crippen molar-refractivity contribution < 1.29 is 37.3 Å². The Labute approximate surface area is 129 Å². The molecule has 0 fully saturated rings. The maximum absolute atomic E-state index is 13.7. The summed E-state index contributed by atoms with van der Waals surface area (Å²) in [6.45, 7) is 4.17. The molecule has 0 unspecified atom stereocenters. The average Bonchev–Trinajstić information content (AvgIpc) is 2.63. The summed E-state index contributed by atoms with van der Waals surface area (Å²) in [5.74, 6) is -9.93. The molecule has 0 bridgehead atoms. The third kappa shape index (κ3) is 2.66. The van der Waals surface area contributed by atoms with Gasteiger partial charge in [-0.1, -0.05) is 0 Å². The molecule has 2 rings (SSSR count). The third-order valence-electron chi connectivity index (χ3n) is 2.57. The predicted molar refractivity (Wildman–Crippen MR) is 69.5 cm³/mol. The number of hydrogen-bond donors (Lipinski definition) is 0. The summed E-state index contributed by atoms with van der Waals surface area (Å²) in [6, 6.07) is 0. The van der Waals surface area contributed by atoms with Gasteiger partial charge < -0.3 is 0 Å². The quantitative estimate of drug-likeness (QED) is 0.280. The fourth-order valence-corrected chi connectivity index (χ4v) is 5.30. The zero-order valence-corrected chi connectivity index (χ0v) is 13.5. The minimum atomic E-state index is -4.40. The molecule has 1 aromatic carbocycles. The van der Waals surface area contributed by atoms with E-state index < -0.39 is 70.5 Å². The van der Waals surface area contributed by atoms with Crippen molar-refractivity contribution in [2.24, 2.45) is 5.41 Å². The number of rotatable bonds is 1. The molecule has 0 aromatic heterocycles. The molecular weight excluding hydrogens is 433 g/mol. The Bertz CT molecular complexity index is 655. The Morgan fingerprint density at radius 1 is 1.05 bits per heavy atom. The van der Waals surface area contributed by atoms with Crippen molar-refractivity contribution in [1.82, 2.24) is 0 Å². The van der Waals surface area contributed by atoms with Gasteiger partial charge in [-0.05, 0) is 0 Å². The molecule has 0 radical (unpaired) electrons. The van der Waals surface area contributed by atoms with Gasteiger partial charge in [0, 0.05) is 0 Å². The summed E-state index contributed by atoms with van der Waals surface area (Å²) < 4.78 is 88.4. The van der Waals surface area contributed by atoms with Crippen LogP contribution in [0.25, 0.3) is 0 Å². The van der Waals surface area contributed by atoms with Gasteiger partial charge in [-0.15, -0.1) is 0 Å². The first kappa shape index (κ1) is 17.3. The van der Waals surface area contributed by atoms with Gasteiger partial charge in [-0.25, -0.2) is 0 Å². The van der Waals surface area contributed by atoms with Crippen LogP contribution in [-0.2, 0) is 17.0 Å². The molecule has 1 aliphatic rings. The van der Waals surface area contributed by atoms with Crippen LogP contribution in [0.3, 0.4) is 0 Å². The van der Waals surface area contributed by atoms with E-state index in [0.717, 1.165) is 0 Å². The Balaban J connectivity index is 2.57. The van der Waals surface area contributed by atoms with Crippen molar-refractivity contribution in [3.63, 3.8) is 0 Å². The van der Waals surface area contributed by atoms with E-state index in [1.807, 2.05) is 0 Å². The molecule has 0 saturated heterocycles. The van der Waals surface area contributed by atoms with E-state index in [2.05, 4.69) is 6.13 Å². The first-order chi connectivity index (χ1) is 9.88. The molecule has 10 heteroatoms. The van der Waals surface area contributed by atoms with Crippen molar-refractivity contribution in [3.05, 3.63) is 32.4 Å². The first-order valence-corrected chi connectivity index (χ1v) is 8.58. The Morgan fingerprint density at radius 3 is 2.05 bits per heavy atom. The number of benzene rings is 1. The van der Waals surface area contributed by atoms with Crippen LogP contribution in [0, 0.1) is 32.3 Å². The van der Waals surface area contributed by atoms with E-state index in [1.54, 1.807) is 0 Å². The number of alkyl halides is 2. The van der Waals surface area contributed by atoms with Crippen LogP contribution in [0.1, 0.15) is 26.3 Å². The molecule has 3 nitrogen and oxygen atoms in total. The standard InChI is InChI=1S/C12H9F6IO3/c1-11(2,3)10(20)21-19-9-4(12(17,18)22-19)5(13)6(14)7(15)8(9)16/h1-3H3. The van der Waals surface area contributed by atoms with Crippen LogP contribution >= 0.6 is 20.6 Å². The van der Waals surface area contributed by atoms with Gasteiger partial charge >= 0.3 is 129 Å². The van der Waals surface area contributed by atoms with Crippen molar-refractivity contribution in [1.29, 1.82) is 0 Å². The molecule has 22 heavy (non-hydrogen) atoms. The normalized spacial score (nSPS) is 18.3. The number of carbonyl (C=O) groups excluding carboxylic acids is 1. The van der Waals surface area contributed by atoms with E-state index in [-0.39, 0.29) is 0 Å². The van der Waals surface area contributed by atoms with E-state index in [4.69, 9.17) is 0 Å². The second kappa shape index (κ2) is 5.25. The molecule has 0 aliphatic carbocycles. The van der Waals surface area contributed by atoms with Gasteiger partial charge in [0.1, 0.15) is 0 Å². The molecule has 0 N–H and O–H groups in total. The van der Waals surface area contributed by atoms with Crippen LogP contribution < -0.4 is 0 Å². The summed E-state index contributed by atoms with van der Waals surface area (Å²) in [6.07, 6.45) is -4.40. The fourth-order valence-electron chi connectivity index (χ4n) is 1.40. The van der Waals surface area contributed by atoms with E-state index in [9.17, 15) is 31.1 Å². The summed E-state index contributed by atoms with van der Waals surface area (Å²) in [5.41, 5.74) is -2.89. The topological polar surface area (TPSA) is 35.5 Å². The van der Waals surface area contributed by atoms with E-state index in [1.165, 1.54) is 20.8 Å². The summed E-state index contributed by atoms with van der Waals surface area (Å²) in [5, 5.41) is 0. The monoisotopic (exact) mass is 442 g/mol. The zero-order chi connectivity index (χ0) is 17.0. The number of hydrogen-bond acceptors (Lipinski definition) is 3. The van der Waals surface area contributed by atoms with Gasteiger partial charge in [-0.2, -0.15) is 0 Å². The van der Waals surface area contributed by atoms with Gasteiger partial charge in [0.15, 0.2) is 0 Å². The average molecular weight is 442 g/mol. The van der Waals surface area contributed by atoms with E-state index >= 15 is 0 Å². The van der Waals surface area contributed by atoms with Crippen LogP contribution in [0.2, 0.25) is 0 Å². The van der Waals surface area contributed by atoms with Crippen LogP contribution in [0.15, 0.2) is 0 Å². The fraction of sp³-hybridized carbons (Fsp3) is 0.417. The Morgan fingerprint density at radius 2 is 1.55 bits per heavy atom. The summed E-state index contributed by atoms with van der Waals surface area (Å²) >= 11 is -4.20. The van der Waals surface area contributed by atoms with Crippen molar-refractivity contribution in [3.8, 4) is 0 Å². The third-order valence-corrected chi connectivity index (χ3v) is 6.22. The first-order valence-electron chi connectivity index (χ1n) is 5.74. The van der Waals surface area contributed by atoms with Crippen LogP contribution in [0.5, 0.6) is 0 Å². The molecule has 0 amide bonds. The number of halogens is 7. The van der Waals surface area contributed by atoms with Crippen LogP contribution in [-0.4, -0.2) is 5.97 Å². The van der Waals surface area contributed by atoms with Crippen molar-refractivity contribution >= 4 is 26.6 Å². The predicted octanol–water partition coefficient (Wildman–Crippen LogP) is 4.42. The van der Waals surface area contributed by atoms with Gasteiger partial charge in [0.25, 0.3) is 0 Å². The summed E-state index contributed by atoms with van der Waals surface area (Å²) in [4.78, 5) is 11.7. The van der Waals surface area contributed by atoms with Gasteiger partial charge in [0.2, 0.25) is 0 Å². The molecular formula is C12H9F6IO3. The van der Waals surface area contributed by atoms with Crippen molar-refractivity contribution in [2.45, 2.75) is 26.9 Å². The molecule has 1 aromatic rings. The summed E-state index contributed by atoms with van der Waals surface area (Å²) in [7, 11) is 0. The molecule has 124 valence electrons. The number of carbonyl (C=O) groups is 1. The minimum absolute atomic E-state index is 1.01.